The van der Waals surface area contributed by atoms with E-state index < -0.39 is 5.97 Å². The van der Waals surface area contributed by atoms with E-state index in [0.29, 0.717) is 12.5 Å². The molecule has 1 heterocycles. The summed E-state index contributed by atoms with van der Waals surface area (Å²) in [6.07, 6.45) is 1.88. The Labute approximate surface area is 176 Å². The van der Waals surface area contributed by atoms with Crippen LogP contribution in [-0.4, -0.2) is 22.7 Å². The number of thiazole rings is 1. The van der Waals surface area contributed by atoms with Crippen LogP contribution in [0.15, 0.2) is 48.7 Å². The van der Waals surface area contributed by atoms with E-state index in [1.165, 1.54) is 5.56 Å². The fourth-order valence-electron chi connectivity index (χ4n) is 2.95. The Morgan fingerprint density at radius 2 is 1.76 bits per heavy atom. The van der Waals surface area contributed by atoms with Crippen LogP contribution in [0, 0.1) is 5.92 Å². The van der Waals surface area contributed by atoms with Gasteiger partial charge in [0.1, 0.15) is 10.8 Å². The summed E-state index contributed by atoms with van der Waals surface area (Å²) in [5, 5.41) is 9.93. The van der Waals surface area contributed by atoms with Gasteiger partial charge < -0.3 is 9.84 Å². The van der Waals surface area contributed by atoms with Gasteiger partial charge in [-0.2, -0.15) is 0 Å². The molecule has 0 spiro atoms. The Bertz CT molecular complexity index is 998. The van der Waals surface area contributed by atoms with E-state index in [1.807, 2.05) is 6.20 Å². The molecule has 5 heteroatoms. The lowest BCUT2D eigenvalue weighted by molar-refractivity contribution is 0.0697. The average molecular weight is 410 g/mol. The molecular weight excluding hydrogens is 382 g/mol. The van der Waals surface area contributed by atoms with Crippen molar-refractivity contribution in [3.05, 3.63) is 59.8 Å². The van der Waals surface area contributed by atoms with Crippen molar-refractivity contribution in [3.8, 4) is 26.8 Å². The number of hydrogen-bond acceptors (Lipinski definition) is 4. The third-order valence-corrected chi connectivity index (χ3v) is 5.62. The third kappa shape index (κ3) is 5.04. The van der Waals surface area contributed by atoms with Gasteiger partial charge in [0.05, 0.1) is 17.0 Å². The van der Waals surface area contributed by atoms with Crippen LogP contribution in [0.3, 0.4) is 0 Å². The van der Waals surface area contributed by atoms with E-state index in [2.05, 4.69) is 57.8 Å². The zero-order valence-corrected chi connectivity index (χ0v) is 18.3. The Balaban J connectivity index is 1.92. The van der Waals surface area contributed by atoms with Gasteiger partial charge >= 0.3 is 5.97 Å². The standard InChI is InChI=1S/C24H27NO3S/c1-15(2)14-28-20-11-10-18(12-19(20)24(3,4)5)21-13-25-22(29-21)16-6-8-17(9-7-16)23(26)27/h6-13,15H,14H2,1-5H3,(H,26,27). The monoisotopic (exact) mass is 409 g/mol. The van der Waals surface area contributed by atoms with Crippen LogP contribution in [-0.2, 0) is 5.41 Å². The van der Waals surface area contributed by atoms with Crippen molar-refractivity contribution in [1.82, 2.24) is 4.98 Å². The highest BCUT2D eigenvalue weighted by Gasteiger charge is 2.21. The summed E-state index contributed by atoms with van der Waals surface area (Å²) in [4.78, 5) is 16.7. The van der Waals surface area contributed by atoms with Gasteiger partial charge in [-0.15, -0.1) is 11.3 Å². The Morgan fingerprint density at radius 3 is 2.34 bits per heavy atom. The molecule has 0 aliphatic rings. The Hall–Kier alpha value is -2.66. The van der Waals surface area contributed by atoms with Crippen LogP contribution in [0.4, 0.5) is 0 Å². The van der Waals surface area contributed by atoms with Crippen molar-refractivity contribution < 1.29 is 14.6 Å². The highest BCUT2D eigenvalue weighted by Crippen LogP contribution is 2.38. The molecule has 0 aliphatic carbocycles. The van der Waals surface area contributed by atoms with Crippen LogP contribution >= 0.6 is 11.3 Å². The maximum atomic E-state index is 11.0. The quantitative estimate of drug-likeness (QED) is 0.504. The molecule has 4 nitrogen and oxygen atoms in total. The van der Waals surface area contributed by atoms with Crippen molar-refractivity contribution in [1.29, 1.82) is 0 Å². The lowest BCUT2D eigenvalue weighted by Crippen LogP contribution is -2.15. The summed E-state index contributed by atoms with van der Waals surface area (Å²) in [5.41, 5.74) is 3.44. The normalized spacial score (nSPS) is 11.7. The summed E-state index contributed by atoms with van der Waals surface area (Å²) in [6, 6.07) is 13.1. The van der Waals surface area contributed by atoms with Crippen LogP contribution < -0.4 is 4.74 Å². The first-order valence-corrected chi connectivity index (χ1v) is 10.5. The number of aromatic carboxylic acids is 1. The lowest BCUT2D eigenvalue weighted by Gasteiger charge is -2.24. The van der Waals surface area contributed by atoms with Crippen molar-refractivity contribution in [2.45, 2.75) is 40.0 Å². The Kier molecular flexibility index (Phi) is 6.08. The minimum absolute atomic E-state index is 0.0392. The first kappa shape index (κ1) is 21.1. The molecule has 1 N–H and O–H groups in total. The predicted molar refractivity (Wildman–Crippen MR) is 119 cm³/mol. The summed E-state index contributed by atoms with van der Waals surface area (Å²) >= 11 is 1.60. The van der Waals surface area contributed by atoms with Gasteiger partial charge in [-0.25, -0.2) is 9.78 Å². The van der Waals surface area contributed by atoms with E-state index in [4.69, 9.17) is 9.84 Å². The van der Waals surface area contributed by atoms with Gasteiger partial charge in [-0.3, -0.25) is 0 Å². The molecular formula is C24H27NO3S. The number of carbonyl (C=O) groups is 1. The number of ether oxygens (including phenoxy) is 1. The zero-order valence-electron chi connectivity index (χ0n) is 17.5. The molecule has 3 rings (SSSR count). The first-order valence-electron chi connectivity index (χ1n) is 9.72. The van der Waals surface area contributed by atoms with Crippen LogP contribution in [0.2, 0.25) is 0 Å². The van der Waals surface area contributed by atoms with Crippen LogP contribution in [0.25, 0.3) is 21.0 Å². The van der Waals surface area contributed by atoms with E-state index in [1.54, 1.807) is 35.6 Å². The predicted octanol–water partition coefficient (Wildman–Crippen LogP) is 6.51. The van der Waals surface area contributed by atoms with E-state index in [9.17, 15) is 4.79 Å². The SMILES string of the molecule is CC(C)COc1ccc(-c2cnc(-c3ccc(C(=O)O)cc3)s2)cc1C(C)(C)C. The first-order chi connectivity index (χ1) is 13.6. The average Bonchev–Trinajstić information content (AvgIpc) is 3.15. The zero-order chi connectivity index (χ0) is 21.2. The summed E-state index contributed by atoms with van der Waals surface area (Å²) in [6.45, 7) is 11.6. The molecule has 0 radical (unpaired) electrons. The molecule has 152 valence electrons. The van der Waals surface area contributed by atoms with Crippen molar-refractivity contribution in [3.63, 3.8) is 0 Å². The smallest absolute Gasteiger partial charge is 0.335 e. The van der Waals surface area contributed by atoms with Crippen LogP contribution in [0.1, 0.15) is 50.5 Å². The molecule has 0 fully saturated rings. The molecule has 29 heavy (non-hydrogen) atoms. The second-order valence-corrected chi connectivity index (χ2v) is 9.61. The molecule has 1 aromatic heterocycles. The van der Waals surface area contributed by atoms with Gasteiger partial charge in [0.15, 0.2) is 0 Å². The number of nitrogens with zero attached hydrogens (tertiary/aromatic N) is 1. The largest absolute Gasteiger partial charge is 0.493 e. The molecule has 0 amide bonds. The maximum absolute atomic E-state index is 11.0. The van der Waals surface area contributed by atoms with E-state index in [0.717, 1.165) is 26.8 Å². The molecule has 0 atom stereocenters. The molecule has 0 bridgehead atoms. The molecule has 0 saturated carbocycles. The highest BCUT2D eigenvalue weighted by molar-refractivity contribution is 7.18. The minimum atomic E-state index is -0.925. The summed E-state index contributed by atoms with van der Waals surface area (Å²) < 4.78 is 6.06. The van der Waals surface area contributed by atoms with E-state index in [-0.39, 0.29) is 11.0 Å². The van der Waals surface area contributed by atoms with Crippen molar-refractivity contribution in [2.75, 3.05) is 6.61 Å². The van der Waals surface area contributed by atoms with Gasteiger partial charge in [-0.05, 0) is 47.2 Å². The lowest BCUT2D eigenvalue weighted by atomic mass is 9.85. The summed E-state index contributed by atoms with van der Waals surface area (Å²) in [5.74, 6) is 0.480. The number of carboxylic acid groups (broad SMARTS) is 1. The maximum Gasteiger partial charge on any atom is 0.335 e. The Morgan fingerprint density at radius 1 is 1.10 bits per heavy atom. The number of carboxylic acids is 1. The number of hydrogen-bond donors (Lipinski definition) is 1. The fraction of sp³-hybridized carbons (Fsp3) is 0.333. The second-order valence-electron chi connectivity index (χ2n) is 8.58. The highest BCUT2D eigenvalue weighted by atomic mass is 32.1. The number of rotatable bonds is 6. The fourth-order valence-corrected chi connectivity index (χ4v) is 3.87. The van der Waals surface area contributed by atoms with Crippen LogP contribution in [0.5, 0.6) is 5.75 Å². The molecule has 0 aliphatic heterocycles. The molecule has 0 saturated heterocycles. The topological polar surface area (TPSA) is 59.4 Å². The molecule has 3 aromatic rings. The number of aromatic nitrogens is 1. The van der Waals surface area contributed by atoms with Crippen molar-refractivity contribution in [2.24, 2.45) is 5.92 Å². The molecule has 0 unspecified atom stereocenters. The van der Waals surface area contributed by atoms with Gasteiger partial charge in [0.2, 0.25) is 0 Å². The van der Waals surface area contributed by atoms with Crippen molar-refractivity contribution >= 4 is 17.3 Å². The van der Waals surface area contributed by atoms with Gasteiger partial charge in [0.25, 0.3) is 0 Å². The number of benzene rings is 2. The third-order valence-electron chi connectivity index (χ3n) is 4.53. The van der Waals surface area contributed by atoms with E-state index >= 15 is 0 Å². The van der Waals surface area contributed by atoms with Gasteiger partial charge in [0, 0.05) is 17.3 Å². The second kappa shape index (κ2) is 8.37. The van der Waals surface area contributed by atoms with Gasteiger partial charge in [-0.1, -0.05) is 46.8 Å². The minimum Gasteiger partial charge on any atom is -0.493 e. The summed E-state index contributed by atoms with van der Waals surface area (Å²) in [7, 11) is 0. The molecule has 2 aromatic carbocycles.